The van der Waals surface area contributed by atoms with Gasteiger partial charge in [-0.3, -0.25) is 4.79 Å². The number of carbonyl (C=O) groups excluding carboxylic acids is 1. The van der Waals surface area contributed by atoms with Gasteiger partial charge in [-0.15, -0.1) is 0 Å². The lowest BCUT2D eigenvalue weighted by Gasteiger charge is -2.25. The normalized spacial score (nSPS) is 13.7. The zero-order valence-corrected chi connectivity index (χ0v) is 12.1. The van der Waals surface area contributed by atoms with Crippen molar-refractivity contribution in [3.8, 4) is 6.07 Å². The molecule has 0 fully saturated rings. The van der Waals surface area contributed by atoms with E-state index in [-0.39, 0.29) is 12.5 Å². The van der Waals surface area contributed by atoms with Gasteiger partial charge in [-0.2, -0.15) is 5.26 Å². The van der Waals surface area contributed by atoms with Crippen LogP contribution in [0.25, 0.3) is 0 Å². The molecule has 104 valence electrons. The largest absolute Gasteiger partial charge is 0.353 e. The van der Waals surface area contributed by atoms with Crippen molar-refractivity contribution < 1.29 is 13.2 Å². The van der Waals surface area contributed by atoms with E-state index in [1.54, 1.807) is 13.8 Å². The fraction of sp³-hybridized carbons (Fsp3) is 0.818. The quantitative estimate of drug-likeness (QED) is 0.701. The number of sulfonamides is 1. The SMILES string of the molecule is CCCC(C#N)C(=O)NCC(C)(C)NS(C)(=O)=O. The first-order valence-corrected chi connectivity index (χ1v) is 7.66. The predicted octanol–water partition coefficient (Wildman–Crippen LogP) is 0.370. The number of hydrogen-bond donors (Lipinski definition) is 2. The fourth-order valence-corrected chi connectivity index (χ4v) is 2.59. The van der Waals surface area contributed by atoms with Crippen molar-refractivity contribution in [1.82, 2.24) is 10.0 Å². The molecule has 1 unspecified atom stereocenters. The molecule has 0 saturated heterocycles. The highest BCUT2D eigenvalue weighted by molar-refractivity contribution is 7.88. The van der Waals surface area contributed by atoms with Crippen LogP contribution in [0, 0.1) is 17.2 Å². The average molecular weight is 275 g/mol. The summed E-state index contributed by atoms with van der Waals surface area (Å²) in [7, 11) is -3.33. The van der Waals surface area contributed by atoms with Gasteiger partial charge >= 0.3 is 0 Å². The third kappa shape index (κ3) is 7.25. The lowest BCUT2D eigenvalue weighted by Crippen LogP contribution is -2.51. The first-order valence-electron chi connectivity index (χ1n) is 5.77. The molecule has 1 amide bonds. The highest BCUT2D eigenvalue weighted by Gasteiger charge is 2.24. The topological polar surface area (TPSA) is 99.1 Å². The number of nitrogens with zero attached hydrogens (tertiary/aromatic N) is 1. The summed E-state index contributed by atoms with van der Waals surface area (Å²) in [6.07, 6.45) is 2.31. The summed E-state index contributed by atoms with van der Waals surface area (Å²) in [6.45, 7) is 5.36. The summed E-state index contributed by atoms with van der Waals surface area (Å²) in [6, 6.07) is 1.94. The number of carbonyl (C=O) groups is 1. The van der Waals surface area contributed by atoms with Gasteiger partial charge in [0.1, 0.15) is 5.92 Å². The van der Waals surface area contributed by atoms with E-state index in [0.717, 1.165) is 12.7 Å². The molecule has 0 aromatic carbocycles. The van der Waals surface area contributed by atoms with Gasteiger partial charge in [0.15, 0.2) is 0 Å². The van der Waals surface area contributed by atoms with Crippen LogP contribution in [-0.4, -0.2) is 32.7 Å². The van der Waals surface area contributed by atoms with Gasteiger partial charge < -0.3 is 5.32 Å². The molecule has 0 aliphatic rings. The minimum atomic E-state index is -3.33. The van der Waals surface area contributed by atoms with Crippen molar-refractivity contribution in [2.75, 3.05) is 12.8 Å². The Labute approximate surface area is 109 Å². The van der Waals surface area contributed by atoms with E-state index in [1.165, 1.54) is 0 Å². The first-order chi connectivity index (χ1) is 8.11. The Kier molecular flexibility index (Phi) is 6.29. The predicted molar refractivity (Wildman–Crippen MR) is 69.1 cm³/mol. The van der Waals surface area contributed by atoms with E-state index in [4.69, 9.17) is 5.26 Å². The van der Waals surface area contributed by atoms with E-state index >= 15 is 0 Å². The van der Waals surface area contributed by atoms with Gasteiger partial charge in [-0.25, -0.2) is 13.1 Å². The monoisotopic (exact) mass is 275 g/mol. The minimum absolute atomic E-state index is 0.140. The smallest absolute Gasteiger partial charge is 0.237 e. The molecule has 0 spiro atoms. The summed E-state index contributed by atoms with van der Waals surface area (Å²) in [5.74, 6) is -1.04. The maximum absolute atomic E-state index is 11.7. The third-order valence-corrected chi connectivity index (χ3v) is 3.14. The van der Waals surface area contributed by atoms with Crippen LogP contribution >= 0.6 is 0 Å². The van der Waals surface area contributed by atoms with Crippen molar-refractivity contribution in [3.63, 3.8) is 0 Å². The zero-order valence-electron chi connectivity index (χ0n) is 11.3. The van der Waals surface area contributed by atoms with Gasteiger partial charge in [0.05, 0.1) is 12.3 Å². The molecule has 0 aromatic rings. The third-order valence-electron chi connectivity index (χ3n) is 2.22. The van der Waals surface area contributed by atoms with Gasteiger partial charge in [0.25, 0.3) is 0 Å². The standard InChI is InChI=1S/C11H21N3O3S/c1-5-6-9(7-12)10(15)13-8-11(2,3)14-18(4,16)17/h9,14H,5-6,8H2,1-4H3,(H,13,15). The van der Waals surface area contributed by atoms with Crippen LogP contribution in [0.3, 0.4) is 0 Å². The highest BCUT2D eigenvalue weighted by Crippen LogP contribution is 2.07. The molecule has 2 N–H and O–H groups in total. The van der Waals surface area contributed by atoms with E-state index in [1.807, 2.05) is 13.0 Å². The van der Waals surface area contributed by atoms with Gasteiger partial charge in [-0.1, -0.05) is 13.3 Å². The Morgan fingerprint density at radius 1 is 1.44 bits per heavy atom. The Balaban J connectivity index is 4.40. The molecule has 0 saturated carbocycles. The van der Waals surface area contributed by atoms with Crippen molar-refractivity contribution in [2.45, 2.75) is 39.2 Å². The lowest BCUT2D eigenvalue weighted by molar-refractivity contribution is -0.123. The van der Waals surface area contributed by atoms with Crippen LogP contribution in [0.4, 0.5) is 0 Å². The molecule has 0 aromatic heterocycles. The lowest BCUT2D eigenvalue weighted by atomic mass is 10.0. The molecular formula is C11H21N3O3S. The van der Waals surface area contributed by atoms with Crippen molar-refractivity contribution in [3.05, 3.63) is 0 Å². The summed E-state index contributed by atoms with van der Waals surface area (Å²) >= 11 is 0. The Hall–Kier alpha value is -1.13. The Morgan fingerprint density at radius 3 is 2.39 bits per heavy atom. The van der Waals surface area contributed by atoms with Crippen LogP contribution in [-0.2, 0) is 14.8 Å². The van der Waals surface area contributed by atoms with Crippen molar-refractivity contribution >= 4 is 15.9 Å². The van der Waals surface area contributed by atoms with E-state index in [0.29, 0.717) is 6.42 Å². The molecule has 0 heterocycles. The second-order valence-corrected chi connectivity index (χ2v) is 6.69. The van der Waals surface area contributed by atoms with Crippen molar-refractivity contribution in [2.24, 2.45) is 5.92 Å². The van der Waals surface area contributed by atoms with Crippen LogP contribution in [0.1, 0.15) is 33.6 Å². The van der Waals surface area contributed by atoms with Crippen molar-refractivity contribution in [1.29, 1.82) is 5.26 Å². The molecule has 0 radical (unpaired) electrons. The highest BCUT2D eigenvalue weighted by atomic mass is 32.2. The van der Waals surface area contributed by atoms with Crippen LogP contribution < -0.4 is 10.0 Å². The molecule has 0 aliphatic heterocycles. The fourth-order valence-electron chi connectivity index (χ4n) is 1.51. The molecule has 7 heteroatoms. The molecule has 0 bridgehead atoms. The minimum Gasteiger partial charge on any atom is -0.353 e. The Morgan fingerprint density at radius 2 is 2.00 bits per heavy atom. The van der Waals surface area contributed by atoms with Gasteiger partial charge in [0.2, 0.25) is 15.9 Å². The molecule has 0 rings (SSSR count). The van der Waals surface area contributed by atoms with Crippen LogP contribution in [0.5, 0.6) is 0 Å². The summed E-state index contributed by atoms with van der Waals surface area (Å²) in [5.41, 5.74) is -0.782. The van der Waals surface area contributed by atoms with Gasteiger partial charge in [0, 0.05) is 12.1 Å². The summed E-state index contributed by atoms with van der Waals surface area (Å²) in [5, 5.41) is 11.4. The zero-order chi connectivity index (χ0) is 14.4. The number of nitriles is 1. The average Bonchev–Trinajstić information content (AvgIpc) is 2.19. The summed E-state index contributed by atoms with van der Waals surface area (Å²) in [4.78, 5) is 11.7. The number of hydrogen-bond acceptors (Lipinski definition) is 4. The number of amides is 1. The van der Waals surface area contributed by atoms with E-state index < -0.39 is 21.5 Å². The first kappa shape index (κ1) is 16.9. The second kappa shape index (κ2) is 6.71. The van der Waals surface area contributed by atoms with Crippen LogP contribution in [0.2, 0.25) is 0 Å². The summed E-state index contributed by atoms with van der Waals surface area (Å²) < 4.78 is 24.6. The van der Waals surface area contributed by atoms with Gasteiger partial charge in [-0.05, 0) is 20.3 Å². The Bertz CT molecular complexity index is 423. The molecule has 6 nitrogen and oxygen atoms in total. The number of rotatable bonds is 7. The number of nitrogens with one attached hydrogen (secondary N) is 2. The molecule has 0 aliphatic carbocycles. The molecular weight excluding hydrogens is 254 g/mol. The second-order valence-electron chi connectivity index (χ2n) is 4.95. The van der Waals surface area contributed by atoms with Crippen LogP contribution in [0.15, 0.2) is 0 Å². The van der Waals surface area contributed by atoms with E-state index in [9.17, 15) is 13.2 Å². The maximum Gasteiger partial charge on any atom is 0.237 e. The maximum atomic E-state index is 11.7. The molecule has 18 heavy (non-hydrogen) atoms. The molecule has 1 atom stereocenters. The van der Waals surface area contributed by atoms with E-state index in [2.05, 4.69) is 10.0 Å².